The number of rotatable bonds is 2. The molecular weight excluding hydrogens is 242 g/mol. The first-order valence-corrected chi connectivity index (χ1v) is 8.35. The summed E-state index contributed by atoms with van der Waals surface area (Å²) in [6.07, 6.45) is 8.01. The summed E-state index contributed by atoms with van der Waals surface area (Å²) < 4.78 is 0. The van der Waals surface area contributed by atoms with E-state index >= 15 is 0 Å². The first-order chi connectivity index (χ1) is 9.52. The lowest BCUT2D eigenvalue weighted by Gasteiger charge is -2.38. The van der Waals surface area contributed by atoms with Crippen molar-refractivity contribution in [2.24, 2.45) is 11.3 Å². The average Bonchev–Trinajstić information content (AvgIpc) is 2.80. The van der Waals surface area contributed by atoms with Crippen LogP contribution in [0.2, 0.25) is 0 Å². The summed E-state index contributed by atoms with van der Waals surface area (Å²) >= 11 is 0. The molecule has 110 valence electrons. The van der Waals surface area contributed by atoms with E-state index in [1.165, 1.54) is 38.5 Å². The molecular formula is C19H29N. The molecule has 20 heavy (non-hydrogen) atoms. The average molecular weight is 271 g/mol. The van der Waals surface area contributed by atoms with E-state index in [1.54, 1.807) is 11.1 Å². The normalized spacial score (nSPS) is 27.6. The van der Waals surface area contributed by atoms with Crippen molar-refractivity contribution >= 4 is 0 Å². The Kier molecular flexibility index (Phi) is 3.90. The lowest BCUT2D eigenvalue weighted by atomic mass is 9.71. The van der Waals surface area contributed by atoms with Crippen LogP contribution in [-0.2, 0) is 12.8 Å². The fraction of sp³-hybridized carbons (Fsp3) is 0.684. The van der Waals surface area contributed by atoms with Crippen LogP contribution in [0.1, 0.15) is 57.6 Å². The van der Waals surface area contributed by atoms with Crippen molar-refractivity contribution in [1.29, 1.82) is 0 Å². The Bertz CT molecular complexity index is 424. The maximum atomic E-state index is 3.94. The number of hydrogen-bond donors (Lipinski definition) is 1. The van der Waals surface area contributed by atoms with Crippen molar-refractivity contribution in [3.63, 3.8) is 0 Å². The van der Waals surface area contributed by atoms with E-state index in [9.17, 15) is 0 Å². The summed E-state index contributed by atoms with van der Waals surface area (Å²) in [5.41, 5.74) is 3.62. The third kappa shape index (κ3) is 3.09. The van der Waals surface area contributed by atoms with E-state index in [0.29, 0.717) is 11.5 Å². The van der Waals surface area contributed by atoms with Gasteiger partial charge in [-0.15, -0.1) is 0 Å². The quantitative estimate of drug-likeness (QED) is 0.843. The second-order valence-electron chi connectivity index (χ2n) is 7.96. The molecule has 0 aromatic heterocycles. The van der Waals surface area contributed by atoms with Gasteiger partial charge in [0.1, 0.15) is 0 Å². The van der Waals surface area contributed by atoms with Gasteiger partial charge >= 0.3 is 0 Å². The molecule has 1 fully saturated rings. The summed E-state index contributed by atoms with van der Waals surface area (Å²) in [5.74, 6) is 0.918. The highest BCUT2D eigenvalue weighted by atomic mass is 15.0. The summed E-state index contributed by atoms with van der Waals surface area (Å²) in [6.45, 7) is 7.21. The van der Waals surface area contributed by atoms with E-state index in [1.807, 2.05) is 0 Å². The highest BCUT2D eigenvalue weighted by Gasteiger charge is 2.31. The van der Waals surface area contributed by atoms with Crippen molar-refractivity contribution in [3.05, 3.63) is 35.4 Å². The van der Waals surface area contributed by atoms with Crippen LogP contribution in [0.3, 0.4) is 0 Å². The van der Waals surface area contributed by atoms with Gasteiger partial charge in [0.2, 0.25) is 0 Å². The largest absolute Gasteiger partial charge is 0.311 e. The van der Waals surface area contributed by atoms with Crippen LogP contribution in [0.4, 0.5) is 0 Å². The van der Waals surface area contributed by atoms with Crippen LogP contribution in [0.15, 0.2) is 24.3 Å². The van der Waals surface area contributed by atoms with Gasteiger partial charge in [-0.25, -0.2) is 0 Å². The topological polar surface area (TPSA) is 12.0 Å². The molecule has 1 nitrogen and oxygen atoms in total. The zero-order valence-electron chi connectivity index (χ0n) is 13.3. The van der Waals surface area contributed by atoms with Gasteiger partial charge in [-0.3, -0.25) is 0 Å². The van der Waals surface area contributed by atoms with Crippen molar-refractivity contribution in [2.45, 2.75) is 71.4 Å². The third-order valence-corrected chi connectivity index (χ3v) is 5.47. The molecule has 2 aliphatic carbocycles. The predicted octanol–water partition coefficient (Wildman–Crippen LogP) is 4.35. The number of benzene rings is 1. The Labute approximate surface area is 124 Å². The molecule has 0 heterocycles. The lowest BCUT2D eigenvalue weighted by molar-refractivity contribution is 0.156. The van der Waals surface area contributed by atoms with Crippen LogP contribution in [0.25, 0.3) is 0 Å². The summed E-state index contributed by atoms with van der Waals surface area (Å²) in [4.78, 5) is 0. The molecule has 0 amide bonds. The van der Waals surface area contributed by atoms with Gasteiger partial charge in [0.15, 0.2) is 0 Å². The summed E-state index contributed by atoms with van der Waals surface area (Å²) in [5, 5.41) is 3.94. The molecule has 2 aliphatic rings. The minimum atomic E-state index is 0.495. The van der Waals surface area contributed by atoms with Crippen LogP contribution < -0.4 is 5.32 Å². The fourth-order valence-electron chi connectivity index (χ4n) is 4.14. The Morgan fingerprint density at radius 3 is 1.90 bits per heavy atom. The molecule has 0 radical (unpaired) electrons. The number of nitrogens with one attached hydrogen (secondary N) is 1. The molecule has 1 aromatic carbocycles. The first-order valence-electron chi connectivity index (χ1n) is 8.35. The SMILES string of the molecule is CC(C)(C)C1CCC(NC2Cc3ccccc3C2)CC1. The van der Waals surface area contributed by atoms with E-state index in [0.717, 1.165) is 12.0 Å². The van der Waals surface area contributed by atoms with E-state index < -0.39 is 0 Å². The van der Waals surface area contributed by atoms with E-state index in [-0.39, 0.29) is 0 Å². The van der Waals surface area contributed by atoms with Gasteiger partial charge < -0.3 is 5.32 Å². The Morgan fingerprint density at radius 2 is 1.40 bits per heavy atom. The Balaban J connectivity index is 1.50. The van der Waals surface area contributed by atoms with Gasteiger partial charge in [0.25, 0.3) is 0 Å². The Hall–Kier alpha value is -0.820. The first kappa shape index (κ1) is 14.1. The molecule has 1 heteroatoms. The maximum Gasteiger partial charge on any atom is 0.0151 e. The van der Waals surface area contributed by atoms with E-state index in [4.69, 9.17) is 0 Å². The molecule has 1 aromatic rings. The minimum Gasteiger partial charge on any atom is -0.311 e. The third-order valence-electron chi connectivity index (χ3n) is 5.47. The van der Waals surface area contributed by atoms with Gasteiger partial charge in [-0.05, 0) is 61.0 Å². The summed E-state index contributed by atoms with van der Waals surface area (Å²) in [7, 11) is 0. The highest BCUT2D eigenvalue weighted by Crippen LogP contribution is 2.38. The predicted molar refractivity (Wildman–Crippen MR) is 86.0 cm³/mol. The van der Waals surface area contributed by atoms with Crippen LogP contribution in [0, 0.1) is 11.3 Å². The van der Waals surface area contributed by atoms with Gasteiger partial charge in [-0.2, -0.15) is 0 Å². The van der Waals surface area contributed by atoms with Gasteiger partial charge in [0.05, 0.1) is 0 Å². The van der Waals surface area contributed by atoms with Crippen LogP contribution >= 0.6 is 0 Å². The van der Waals surface area contributed by atoms with Crippen LogP contribution in [-0.4, -0.2) is 12.1 Å². The highest BCUT2D eigenvalue weighted by molar-refractivity contribution is 5.33. The second-order valence-corrected chi connectivity index (χ2v) is 7.96. The second kappa shape index (κ2) is 5.52. The molecule has 0 atom stereocenters. The molecule has 0 aliphatic heterocycles. The minimum absolute atomic E-state index is 0.495. The summed E-state index contributed by atoms with van der Waals surface area (Å²) in [6, 6.07) is 10.4. The molecule has 0 bridgehead atoms. The van der Waals surface area contributed by atoms with Crippen molar-refractivity contribution < 1.29 is 0 Å². The van der Waals surface area contributed by atoms with Crippen molar-refractivity contribution in [2.75, 3.05) is 0 Å². The number of fused-ring (bicyclic) bond motifs is 1. The molecule has 1 N–H and O–H groups in total. The van der Waals surface area contributed by atoms with Crippen molar-refractivity contribution in [3.8, 4) is 0 Å². The zero-order chi connectivity index (χ0) is 14.2. The Morgan fingerprint density at radius 1 is 0.850 bits per heavy atom. The van der Waals surface area contributed by atoms with Crippen LogP contribution in [0.5, 0.6) is 0 Å². The standard InChI is InChI=1S/C19H29N/c1-19(2,3)16-8-10-17(11-9-16)20-18-12-14-6-4-5-7-15(14)13-18/h4-7,16-18,20H,8-13H2,1-3H3. The molecule has 0 unspecified atom stereocenters. The fourth-order valence-corrected chi connectivity index (χ4v) is 4.14. The monoisotopic (exact) mass is 271 g/mol. The van der Waals surface area contributed by atoms with Gasteiger partial charge in [0, 0.05) is 12.1 Å². The van der Waals surface area contributed by atoms with Gasteiger partial charge in [-0.1, -0.05) is 45.0 Å². The molecule has 0 saturated heterocycles. The molecule has 0 spiro atoms. The molecule has 1 saturated carbocycles. The number of hydrogen-bond acceptors (Lipinski definition) is 1. The smallest absolute Gasteiger partial charge is 0.0151 e. The molecule has 3 rings (SSSR count). The van der Waals surface area contributed by atoms with Crippen molar-refractivity contribution in [1.82, 2.24) is 5.32 Å². The lowest BCUT2D eigenvalue weighted by Crippen LogP contribution is -2.42. The maximum absolute atomic E-state index is 3.94. The zero-order valence-corrected chi connectivity index (χ0v) is 13.3. The van der Waals surface area contributed by atoms with E-state index in [2.05, 4.69) is 50.4 Å².